The third-order valence-electron chi connectivity index (χ3n) is 4.02. The van der Waals surface area contributed by atoms with Crippen molar-refractivity contribution in [3.8, 4) is 0 Å². The fraction of sp³-hybridized carbons (Fsp3) is 0.150. The molecule has 3 rings (SSSR count). The molecule has 0 aromatic heterocycles. The van der Waals surface area contributed by atoms with E-state index in [1.807, 2.05) is 72.8 Å². The monoisotopic (exact) mass is 290 g/mol. The smallest absolute Gasteiger partial charge is 0.172 e. The molecule has 0 saturated heterocycles. The molecule has 22 heavy (non-hydrogen) atoms. The van der Waals surface area contributed by atoms with E-state index in [9.17, 15) is 9.90 Å². The molecule has 1 N–H and O–H groups in total. The largest absolute Gasteiger partial charge is 0.395 e. The molecule has 2 aromatic rings. The van der Waals surface area contributed by atoms with Gasteiger partial charge >= 0.3 is 0 Å². The first kappa shape index (κ1) is 14.5. The van der Waals surface area contributed by atoms with E-state index in [0.29, 0.717) is 5.57 Å². The van der Waals surface area contributed by atoms with Gasteiger partial charge in [-0.05, 0) is 23.1 Å². The third-order valence-corrected chi connectivity index (χ3v) is 4.02. The Balaban J connectivity index is 1.97. The average Bonchev–Trinajstić information content (AvgIpc) is 3.07. The van der Waals surface area contributed by atoms with E-state index in [4.69, 9.17) is 0 Å². The summed E-state index contributed by atoms with van der Waals surface area (Å²) in [5, 5.41) is 9.70. The summed E-state index contributed by atoms with van der Waals surface area (Å²) in [6.07, 6.45) is 4.66. The van der Waals surface area contributed by atoms with Crippen LogP contribution in [0.4, 0.5) is 0 Å². The Hall–Kier alpha value is -2.45. The van der Waals surface area contributed by atoms with Gasteiger partial charge in [-0.1, -0.05) is 72.8 Å². The van der Waals surface area contributed by atoms with E-state index >= 15 is 0 Å². The van der Waals surface area contributed by atoms with Crippen LogP contribution in [0, 0.1) is 0 Å². The molecule has 0 heterocycles. The highest BCUT2D eigenvalue weighted by molar-refractivity contribution is 6.10. The van der Waals surface area contributed by atoms with Crippen molar-refractivity contribution in [2.75, 3.05) is 6.61 Å². The lowest BCUT2D eigenvalue weighted by Gasteiger charge is -2.15. The normalized spacial score (nSPS) is 15.1. The maximum atomic E-state index is 12.9. The van der Waals surface area contributed by atoms with Crippen molar-refractivity contribution in [3.63, 3.8) is 0 Å². The van der Waals surface area contributed by atoms with Gasteiger partial charge in [-0.15, -0.1) is 0 Å². The van der Waals surface area contributed by atoms with E-state index in [-0.39, 0.29) is 12.4 Å². The van der Waals surface area contributed by atoms with Crippen molar-refractivity contribution in [2.45, 2.75) is 12.3 Å². The van der Waals surface area contributed by atoms with Crippen LogP contribution in [0.15, 0.2) is 78.4 Å². The molecule has 2 aromatic carbocycles. The maximum Gasteiger partial charge on any atom is 0.172 e. The molecule has 0 aliphatic heterocycles. The van der Waals surface area contributed by atoms with Crippen LogP contribution in [0.2, 0.25) is 0 Å². The van der Waals surface area contributed by atoms with Gasteiger partial charge in [-0.25, -0.2) is 0 Å². The second-order valence-corrected chi connectivity index (χ2v) is 5.37. The molecule has 0 spiro atoms. The Morgan fingerprint density at radius 1 is 1.00 bits per heavy atom. The van der Waals surface area contributed by atoms with Gasteiger partial charge in [0.05, 0.1) is 12.5 Å². The van der Waals surface area contributed by atoms with Crippen LogP contribution in [0.5, 0.6) is 0 Å². The Bertz CT molecular complexity index is 712. The first-order chi connectivity index (χ1) is 10.8. The molecule has 1 aliphatic carbocycles. The van der Waals surface area contributed by atoms with Crippen LogP contribution in [0.1, 0.15) is 23.5 Å². The Labute approximate surface area is 130 Å². The van der Waals surface area contributed by atoms with Crippen LogP contribution in [0.3, 0.4) is 0 Å². The van der Waals surface area contributed by atoms with E-state index < -0.39 is 5.92 Å². The number of aliphatic hydroxyl groups excluding tert-OH is 1. The van der Waals surface area contributed by atoms with Crippen molar-refractivity contribution in [1.29, 1.82) is 0 Å². The quantitative estimate of drug-likeness (QED) is 0.910. The summed E-state index contributed by atoms with van der Waals surface area (Å²) in [6, 6.07) is 19.4. The van der Waals surface area contributed by atoms with Crippen molar-refractivity contribution in [3.05, 3.63) is 89.5 Å². The molecule has 0 saturated carbocycles. The average molecular weight is 290 g/mol. The molecule has 0 bridgehead atoms. The SMILES string of the molecule is O=C(C1=C(c2ccccc2)CC=C1)C(CO)c1ccccc1. The summed E-state index contributed by atoms with van der Waals surface area (Å²) in [6.45, 7) is -0.178. The number of hydrogen-bond donors (Lipinski definition) is 1. The standard InChI is InChI=1S/C20H18O2/c21-14-19(16-10-5-2-6-11-16)20(22)18-13-7-12-17(18)15-8-3-1-4-9-15/h1-11,13,19,21H,12,14H2. The lowest BCUT2D eigenvalue weighted by molar-refractivity contribution is -0.117. The zero-order valence-electron chi connectivity index (χ0n) is 12.3. The molecule has 1 unspecified atom stereocenters. The molecular weight excluding hydrogens is 272 g/mol. The second-order valence-electron chi connectivity index (χ2n) is 5.37. The summed E-state index contributed by atoms with van der Waals surface area (Å²) in [7, 11) is 0. The molecule has 1 atom stereocenters. The summed E-state index contributed by atoms with van der Waals surface area (Å²) in [5.41, 5.74) is 3.69. The van der Waals surface area contributed by atoms with Gasteiger partial charge in [-0.2, -0.15) is 0 Å². The molecule has 1 aliphatic rings. The van der Waals surface area contributed by atoms with E-state index in [1.165, 1.54) is 0 Å². The first-order valence-corrected chi connectivity index (χ1v) is 7.46. The van der Waals surface area contributed by atoms with Crippen LogP contribution in [0.25, 0.3) is 5.57 Å². The van der Waals surface area contributed by atoms with Gasteiger partial charge < -0.3 is 5.11 Å². The molecule has 110 valence electrons. The van der Waals surface area contributed by atoms with Crippen molar-refractivity contribution < 1.29 is 9.90 Å². The second kappa shape index (κ2) is 6.54. The fourth-order valence-corrected chi connectivity index (χ4v) is 2.86. The highest BCUT2D eigenvalue weighted by Gasteiger charge is 2.26. The predicted octanol–water partition coefficient (Wildman–Crippen LogP) is 3.75. The van der Waals surface area contributed by atoms with Crippen LogP contribution in [-0.2, 0) is 4.79 Å². The van der Waals surface area contributed by atoms with Gasteiger partial charge in [0, 0.05) is 5.57 Å². The molecule has 0 fully saturated rings. The molecule has 0 amide bonds. The number of carbonyl (C=O) groups is 1. The van der Waals surface area contributed by atoms with E-state index in [2.05, 4.69) is 0 Å². The number of carbonyl (C=O) groups excluding carboxylic acids is 1. The zero-order chi connectivity index (χ0) is 15.4. The minimum atomic E-state index is -0.502. The number of rotatable bonds is 5. The molecule has 2 heteroatoms. The van der Waals surface area contributed by atoms with Gasteiger partial charge in [0.25, 0.3) is 0 Å². The number of allylic oxidation sites excluding steroid dienone is 4. The Morgan fingerprint density at radius 2 is 1.64 bits per heavy atom. The van der Waals surface area contributed by atoms with Crippen LogP contribution in [-0.4, -0.2) is 17.5 Å². The van der Waals surface area contributed by atoms with Gasteiger partial charge in [0.1, 0.15) is 0 Å². The number of aliphatic hydroxyl groups is 1. The molecule has 2 nitrogen and oxygen atoms in total. The lowest BCUT2D eigenvalue weighted by atomic mass is 9.88. The fourth-order valence-electron chi connectivity index (χ4n) is 2.86. The van der Waals surface area contributed by atoms with Gasteiger partial charge in [0.15, 0.2) is 5.78 Å². The van der Waals surface area contributed by atoms with E-state index in [1.54, 1.807) is 0 Å². The van der Waals surface area contributed by atoms with Crippen LogP contribution >= 0.6 is 0 Å². The topological polar surface area (TPSA) is 37.3 Å². The predicted molar refractivity (Wildman–Crippen MR) is 88.4 cm³/mol. The number of benzene rings is 2. The first-order valence-electron chi connectivity index (χ1n) is 7.46. The minimum absolute atomic E-state index is 0.0127. The molecule has 0 radical (unpaired) electrons. The molecular formula is C20H18O2. The number of ketones is 1. The van der Waals surface area contributed by atoms with Crippen molar-refractivity contribution in [1.82, 2.24) is 0 Å². The highest BCUT2D eigenvalue weighted by Crippen LogP contribution is 2.32. The summed E-state index contributed by atoms with van der Waals surface area (Å²) >= 11 is 0. The third kappa shape index (κ3) is 2.78. The summed E-state index contributed by atoms with van der Waals surface area (Å²) in [5.74, 6) is -0.515. The van der Waals surface area contributed by atoms with Crippen molar-refractivity contribution >= 4 is 11.4 Å². The van der Waals surface area contributed by atoms with Gasteiger partial charge in [-0.3, -0.25) is 4.79 Å². The lowest BCUT2D eigenvalue weighted by Crippen LogP contribution is -2.18. The number of hydrogen-bond acceptors (Lipinski definition) is 2. The number of Topliss-reactive ketones (excluding diaryl/α,β-unsaturated/α-hetero) is 1. The Morgan fingerprint density at radius 3 is 2.27 bits per heavy atom. The highest BCUT2D eigenvalue weighted by atomic mass is 16.3. The summed E-state index contributed by atoms with van der Waals surface area (Å²) < 4.78 is 0. The van der Waals surface area contributed by atoms with Crippen LogP contribution < -0.4 is 0 Å². The maximum absolute atomic E-state index is 12.9. The van der Waals surface area contributed by atoms with E-state index in [0.717, 1.165) is 23.1 Å². The van der Waals surface area contributed by atoms with Gasteiger partial charge in [0.2, 0.25) is 0 Å². The Kier molecular flexibility index (Phi) is 4.31. The van der Waals surface area contributed by atoms with Crippen molar-refractivity contribution in [2.24, 2.45) is 0 Å². The zero-order valence-corrected chi connectivity index (χ0v) is 12.3. The summed E-state index contributed by atoms with van der Waals surface area (Å²) in [4.78, 5) is 12.9. The minimum Gasteiger partial charge on any atom is -0.395 e.